The van der Waals surface area contributed by atoms with Crippen molar-refractivity contribution in [1.82, 2.24) is 24.9 Å². The lowest BCUT2D eigenvalue weighted by Crippen LogP contribution is -2.47. The second kappa shape index (κ2) is 4.91. The summed E-state index contributed by atoms with van der Waals surface area (Å²) >= 11 is 3.27. The molecule has 2 aromatic rings. The average molecular weight is 352 g/mol. The van der Waals surface area contributed by atoms with E-state index in [-0.39, 0.29) is 5.56 Å². The van der Waals surface area contributed by atoms with Gasteiger partial charge in [0.25, 0.3) is 11.3 Å². The fourth-order valence-electron chi connectivity index (χ4n) is 3.90. The van der Waals surface area contributed by atoms with Gasteiger partial charge in [0.2, 0.25) is 0 Å². The lowest BCUT2D eigenvalue weighted by atomic mass is 9.70. The van der Waals surface area contributed by atoms with Crippen molar-refractivity contribution in [2.24, 2.45) is 5.92 Å². The standard InChI is InChI=1S/C14H18BrN5O/c1-2-16-9-5-3-7(9)8-4-6-10-11(8)12(21)20-14(17-10)18-13(15)19-20/h7-9,16H,2-6H2,1H3,(H,17,18,19). The Morgan fingerprint density at radius 1 is 1.38 bits per heavy atom. The molecule has 1 saturated carbocycles. The molecule has 2 aromatic heterocycles. The summed E-state index contributed by atoms with van der Waals surface area (Å²) in [4.78, 5) is 21.5. The maximum atomic E-state index is 12.8. The third kappa shape index (κ3) is 1.97. The average Bonchev–Trinajstić information content (AvgIpc) is 2.99. The van der Waals surface area contributed by atoms with Crippen LogP contribution in [0.1, 0.15) is 43.4 Å². The molecule has 0 radical (unpaired) electrons. The third-order valence-electron chi connectivity index (χ3n) is 4.96. The van der Waals surface area contributed by atoms with Gasteiger partial charge in [0.05, 0.1) is 5.69 Å². The van der Waals surface area contributed by atoms with Gasteiger partial charge < -0.3 is 5.32 Å². The maximum absolute atomic E-state index is 12.8. The van der Waals surface area contributed by atoms with Crippen LogP contribution in [0, 0.1) is 5.92 Å². The molecule has 2 N–H and O–H groups in total. The lowest BCUT2D eigenvalue weighted by Gasteiger charge is -2.41. The molecule has 2 heterocycles. The Morgan fingerprint density at radius 3 is 2.95 bits per heavy atom. The van der Waals surface area contributed by atoms with E-state index in [1.165, 1.54) is 17.4 Å². The normalized spacial score (nSPS) is 27.8. The third-order valence-corrected chi connectivity index (χ3v) is 5.31. The molecular weight excluding hydrogens is 334 g/mol. The molecule has 3 atom stereocenters. The van der Waals surface area contributed by atoms with Gasteiger partial charge in [0, 0.05) is 11.6 Å². The molecule has 2 aliphatic rings. The highest BCUT2D eigenvalue weighted by atomic mass is 79.9. The first-order chi connectivity index (χ1) is 10.2. The van der Waals surface area contributed by atoms with E-state index in [1.54, 1.807) is 0 Å². The Hall–Kier alpha value is -1.21. The summed E-state index contributed by atoms with van der Waals surface area (Å²) in [5.41, 5.74) is 1.89. The first-order valence-electron chi connectivity index (χ1n) is 7.59. The minimum atomic E-state index is 0.0258. The Kier molecular flexibility index (Phi) is 3.15. The minimum absolute atomic E-state index is 0.0258. The van der Waals surface area contributed by atoms with Gasteiger partial charge in [-0.3, -0.25) is 9.89 Å². The summed E-state index contributed by atoms with van der Waals surface area (Å²) in [6, 6.07) is 0.555. The first kappa shape index (κ1) is 13.5. The summed E-state index contributed by atoms with van der Waals surface area (Å²) in [6.45, 7) is 3.13. The van der Waals surface area contributed by atoms with Crippen LogP contribution in [-0.2, 0) is 6.42 Å². The van der Waals surface area contributed by atoms with E-state index in [1.807, 2.05) is 0 Å². The molecule has 0 bridgehead atoms. The molecule has 0 aliphatic heterocycles. The molecule has 7 heteroatoms. The van der Waals surface area contributed by atoms with Crippen molar-refractivity contribution in [3.05, 3.63) is 26.3 Å². The van der Waals surface area contributed by atoms with E-state index < -0.39 is 0 Å². The molecule has 3 unspecified atom stereocenters. The number of H-pyrrole nitrogens is 1. The predicted octanol–water partition coefficient (Wildman–Crippen LogP) is 1.60. The number of hydrogen-bond donors (Lipinski definition) is 2. The van der Waals surface area contributed by atoms with Crippen molar-refractivity contribution in [3.63, 3.8) is 0 Å². The summed E-state index contributed by atoms with van der Waals surface area (Å²) in [6.07, 6.45) is 4.36. The van der Waals surface area contributed by atoms with E-state index >= 15 is 0 Å². The number of aromatic amines is 1. The quantitative estimate of drug-likeness (QED) is 0.880. The van der Waals surface area contributed by atoms with Crippen molar-refractivity contribution < 1.29 is 0 Å². The number of aryl methyl sites for hydroxylation is 1. The van der Waals surface area contributed by atoms with Gasteiger partial charge in [-0.2, -0.15) is 9.50 Å². The molecular formula is C14H18BrN5O. The second-order valence-electron chi connectivity index (χ2n) is 5.98. The van der Waals surface area contributed by atoms with Crippen LogP contribution in [0.2, 0.25) is 0 Å². The number of nitrogens with one attached hydrogen (secondary N) is 2. The van der Waals surface area contributed by atoms with Crippen molar-refractivity contribution >= 4 is 21.7 Å². The Bertz CT molecular complexity index is 752. The van der Waals surface area contributed by atoms with E-state index in [4.69, 9.17) is 0 Å². The topological polar surface area (TPSA) is 75.1 Å². The molecule has 4 rings (SSSR count). The van der Waals surface area contributed by atoms with Crippen LogP contribution in [0.4, 0.5) is 0 Å². The number of nitrogens with zero attached hydrogens (tertiary/aromatic N) is 3. The van der Waals surface area contributed by atoms with Crippen molar-refractivity contribution in [2.45, 2.75) is 44.6 Å². The van der Waals surface area contributed by atoms with Gasteiger partial charge >= 0.3 is 0 Å². The second-order valence-corrected chi connectivity index (χ2v) is 6.73. The van der Waals surface area contributed by atoms with Gasteiger partial charge in [-0.05, 0) is 60.0 Å². The number of fused-ring (bicyclic) bond motifs is 2. The van der Waals surface area contributed by atoms with Crippen molar-refractivity contribution in [1.29, 1.82) is 0 Å². The van der Waals surface area contributed by atoms with Crippen LogP contribution in [0.15, 0.2) is 9.53 Å². The highest BCUT2D eigenvalue weighted by molar-refractivity contribution is 9.10. The minimum Gasteiger partial charge on any atom is -0.314 e. The molecule has 1 fully saturated rings. The number of aromatic nitrogens is 4. The molecule has 0 amide bonds. The Balaban J connectivity index is 1.77. The van der Waals surface area contributed by atoms with Gasteiger partial charge in [0.1, 0.15) is 0 Å². The van der Waals surface area contributed by atoms with Crippen LogP contribution < -0.4 is 10.9 Å². The van der Waals surface area contributed by atoms with E-state index in [2.05, 4.69) is 43.2 Å². The highest BCUT2D eigenvalue weighted by Crippen LogP contribution is 2.45. The molecule has 6 nitrogen and oxygen atoms in total. The summed E-state index contributed by atoms with van der Waals surface area (Å²) < 4.78 is 2.00. The van der Waals surface area contributed by atoms with Crippen LogP contribution in [0.5, 0.6) is 0 Å². The fourth-order valence-corrected chi connectivity index (χ4v) is 4.23. The van der Waals surface area contributed by atoms with Gasteiger partial charge in [0.15, 0.2) is 4.73 Å². The highest BCUT2D eigenvalue weighted by Gasteiger charge is 2.42. The summed E-state index contributed by atoms with van der Waals surface area (Å²) in [5, 5.41) is 6.46. The zero-order chi connectivity index (χ0) is 14.6. The van der Waals surface area contributed by atoms with E-state index in [0.29, 0.717) is 28.4 Å². The first-order valence-corrected chi connectivity index (χ1v) is 8.38. The molecule has 21 heavy (non-hydrogen) atoms. The molecule has 2 aliphatic carbocycles. The molecule has 0 aromatic carbocycles. The predicted molar refractivity (Wildman–Crippen MR) is 82.6 cm³/mol. The fraction of sp³-hybridized carbons (Fsp3) is 0.643. The SMILES string of the molecule is CCNC1CCC1C1CCc2nc3nc(Br)[nH]n3c(=O)c21. The lowest BCUT2D eigenvalue weighted by molar-refractivity contribution is 0.175. The molecule has 0 saturated heterocycles. The van der Waals surface area contributed by atoms with Gasteiger partial charge in [-0.25, -0.2) is 4.98 Å². The number of hydrogen-bond acceptors (Lipinski definition) is 4. The van der Waals surface area contributed by atoms with Crippen molar-refractivity contribution in [2.75, 3.05) is 6.54 Å². The zero-order valence-corrected chi connectivity index (χ0v) is 13.5. The number of halogens is 1. The van der Waals surface area contributed by atoms with Crippen molar-refractivity contribution in [3.8, 4) is 0 Å². The van der Waals surface area contributed by atoms with E-state index in [0.717, 1.165) is 30.6 Å². The maximum Gasteiger partial charge on any atom is 0.277 e. The molecule has 0 spiro atoms. The monoisotopic (exact) mass is 351 g/mol. The van der Waals surface area contributed by atoms with Crippen LogP contribution in [0.25, 0.3) is 5.78 Å². The number of rotatable bonds is 3. The van der Waals surface area contributed by atoms with Crippen LogP contribution in [0.3, 0.4) is 0 Å². The van der Waals surface area contributed by atoms with Gasteiger partial charge in [-0.15, -0.1) is 0 Å². The summed E-state index contributed by atoms with van der Waals surface area (Å²) in [5.74, 6) is 1.38. The van der Waals surface area contributed by atoms with Gasteiger partial charge in [-0.1, -0.05) is 6.92 Å². The smallest absolute Gasteiger partial charge is 0.277 e. The van der Waals surface area contributed by atoms with E-state index in [9.17, 15) is 4.79 Å². The Labute approximate surface area is 130 Å². The van der Waals surface area contributed by atoms with Crippen LogP contribution in [-0.4, -0.2) is 32.2 Å². The molecule has 112 valence electrons. The zero-order valence-electron chi connectivity index (χ0n) is 11.9. The van der Waals surface area contributed by atoms with Crippen LogP contribution >= 0.6 is 15.9 Å². The summed E-state index contributed by atoms with van der Waals surface area (Å²) in [7, 11) is 0. The Morgan fingerprint density at radius 2 is 2.24 bits per heavy atom. The largest absolute Gasteiger partial charge is 0.314 e.